The number of nitrogens with zero attached hydrogens (tertiary/aromatic N) is 3. The van der Waals surface area contributed by atoms with Gasteiger partial charge in [0.25, 0.3) is 6.43 Å². The minimum absolute atomic E-state index is 0.0122. The molecule has 6 rings (SSSR count). The fraction of sp³-hybridized carbons (Fsp3) is 0.435. The van der Waals surface area contributed by atoms with Crippen molar-refractivity contribution in [3.63, 3.8) is 0 Å². The van der Waals surface area contributed by atoms with Gasteiger partial charge in [-0.25, -0.2) is 23.1 Å². The first-order valence-corrected chi connectivity index (χ1v) is 10.3. The van der Waals surface area contributed by atoms with Gasteiger partial charge in [0.2, 0.25) is 0 Å². The highest BCUT2D eigenvalue weighted by Crippen LogP contribution is 2.69. The van der Waals surface area contributed by atoms with Crippen LogP contribution in [0.15, 0.2) is 36.7 Å². The van der Waals surface area contributed by atoms with Gasteiger partial charge in [-0.15, -0.1) is 0 Å². The number of ether oxygens (including phenoxy) is 1. The van der Waals surface area contributed by atoms with Crippen LogP contribution in [0.2, 0.25) is 0 Å². The normalized spacial score (nSPS) is 24.4. The molecule has 3 aliphatic carbocycles. The smallest absolute Gasteiger partial charge is 0.280 e. The van der Waals surface area contributed by atoms with Gasteiger partial charge in [0.1, 0.15) is 28.5 Å². The Morgan fingerprint density at radius 3 is 2.58 bits per heavy atom. The van der Waals surface area contributed by atoms with Crippen LogP contribution in [-0.2, 0) is 11.8 Å². The third-order valence-electron chi connectivity index (χ3n) is 6.14. The highest BCUT2D eigenvalue weighted by Gasteiger charge is 2.70. The van der Waals surface area contributed by atoms with E-state index in [0.717, 1.165) is 5.69 Å². The number of imidazole rings is 1. The Morgan fingerprint density at radius 2 is 1.94 bits per heavy atom. The van der Waals surface area contributed by atoms with Crippen LogP contribution in [0.5, 0.6) is 5.75 Å². The minimum Gasteiger partial charge on any atom is -0.491 e. The average Bonchev–Trinajstić information content (AvgIpc) is 3.07. The molecular formula is C23H22F3N3O2. The first-order valence-electron chi connectivity index (χ1n) is 10.3. The maximum absolute atomic E-state index is 14.0. The summed E-state index contributed by atoms with van der Waals surface area (Å²) >= 11 is 0. The van der Waals surface area contributed by atoms with Crippen molar-refractivity contribution in [3.05, 3.63) is 59.3 Å². The number of pyridine rings is 2. The number of fused-ring (bicyclic) bond motifs is 1. The van der Waals surface area contributed by atoms with E-state index in [1.807, 2.05) is 24.4 Å². The van der Waals surface area contributed by atoms with E-state index < -0.39 is 17.8 Å². The first-order chi connectivity index (χ1) is 14.7. The van der Waals surface area contributed by atoms with E-state index in [-0.39, 0.29) is 29.4 Å². The van der Waals surface area contributed by atoms with E-state index in [0.29, 0.717) is 36.2 Å². The van der Waals surface area contributed by atoms with E-state index in [9.17, 15) is 18.0 Å². The monoisotopic (exact) mass is 429 g/mol. The molecule has 0 aromatic carbocycles. The van der Waals surface area contributed by atoms with Crippen molar-refractivity contribution >= 4 is 11.4 Å². The van der Waals surface area contributed by atoms with Gasteiger partial charge in [0.05, 0.1) is 11.8 Å². The maximum Gasteiger partial charge on any atom is 0.280 e. The number of aromatic nitrogens is 3. The molecule has 0 N–H and O–H groups in total. The molecule has 3 fully saturated rings. The summed E-state index contributed by atoms with van der Waals surface area (Å²) in [6.45, 7) is 3.76. The van der Waals surface area contributed by atoms with Crippen molar-refractivity contribution in [2.45, 2.75) is 63.1 Å². The molecule has 3 aromatic heterocycles. The van der Waals surface area contributed by atoms with Gasteiger partial charge < -0.3 is 9.14 Å². The Labute approximate surface area is 177 Å². The molecule has 0 amide bonds. The number of halogens is 3. The van der Waals surface area contributed by atoms with Crippen molar-refractivity contribution in [1.82, 2.24) is 14.4 Å². The van der Waals surface area contributed by atoms with Gasteiger partial charge >= 0.3 is 0 Å². The molecule has 3 saturated carbocycles. The topological polar surface area (TPSA) is 56.5 Å². The standard InChI is InChI=1S/C23H22F3N3O2/c1-13(2)31-18-7-20-28-19(22-10-23(26,11-22)12-22)9-29(20)8-14(18)6-17(30)15-4-3-5-16(27-15)21(24)25/h3-5,7-9,13,21H,6,10-12H2,1-2H3. The second-order valence-electron chi connectivity index (χ2n) is 9.03. The summed E-state index contributed by atoms with van der Waals surface area (Å²) in [4.78, 5) is 21.3. The number of rotatable bonds is 7. The molecule has 3 aliphatic rings. The molecule has 3 heterocycles. The molecule has 2 bridgehead atoms. The van der Waals surface area contributed by atoms with E-state index in [4.69, 9.17) is 4.74 Å². The van der Waals surface area contributed by atoms with Crippen LogP contribution in [0, 0.1) is 0 Å². The van der Waals surface area contributed by atoms with Crippen LogP contribution in [-0.4, -0.2) is 31.9 Å². The van der Waals surface area contributed by atoms with Crippen LogP contribution < -0.4 is 4.74 Å². The number of hydrogen-bond acceptors (Lipinski definition) is 4. The zero-order valence-electron chi connectivity index (χ0n) is 17.2. The number of hydrogen-bond donors (Lipinski definition) is 0. The lowest BCUT2D eigenvalue weighted by Gasteiger charge is -2.65. The first kappa shape index (κ1) is 20.0. The molecule has 0 aliphatic heterocycles. The number of ketones is 1. The molecular weight excluding hydrogens is 407 g/mol. The van der Waals surface area contributed by atoms with Gasteiger partial charge in [0, 0.05) is 35.9 Å². The molecule has 162 valence electrons. The molecule has 5 nitrogen and oxygen atoms in total. The van der Waals surface area contributed by atoms with E-state index in [1.54, 1.807) is 12.3 Å². The van der Waals surface area contributed by atoms with Crippen LogP contribution in [0.1, 0.15) is 67.0 Å². The van der Waals surface area contributed by atoms with Gasteiger partial charge in [0.15, 0.2) is 5.78 Å². The lowest BCUT2D eigenvalue weighted by Crippen LogP contribution is -2.67. The lowest BCUT2D eigenvalue weighted by atomic mass is 9.41. The number of Topliss-reactive ketones (excluding diaryl/α,β-unsaturated/α-hetero) is 1. The Hall–Kier alpha value is -2.90. The average molecular weight is 429 g/mol. The van der Waals surface area contributed by atoms with E-state index >= 15 is 0 Å². The predicted octanol–water partition coefficient (Wildman–Crippen LogP) is 5.02. The minimum atomic E-state index is -2.74. The molecule has 0 atom stereocenters. The van der Waals surface area contributed by atoms with Gasteiger partial charge in [-0.2, -0.15) is 0 Å². The fourth-order valence-electron chi connectivity index (χ4n) is 4.74. The zero-order chi connectivity index (χ0) is 22.0. The summed E-state index contributed by atoms with van der Waals surface area (Å²) in [5, 5.41) is 0. The van der Waals surface area contributed by atoms with Gasteiger partial charge in [-0.1, -0.05) is 6.07 Å². The van der Waals surface area contributed by atoms with E-state index in [1.165, 1.54) is 18.2 Å². The number of alkyl halides is 3. The summed E-state index contributed by atoms with van der Waals surface area (Å²) in [6.07, 6.45) is 2.27. The van der Waals surface area contributed by atoms with Crippen LogP contribution >= 0.6 is 0 Å². The summed E-state index contributed by atoms with van der Waals surface area (Å²) in [6, 6.07) is 5.80. The molecule has 8 heteroatoms. The largest absolute Gasteiger partial charge is 0.491 e. The summed E-state index contributed by atoms with van der Waals surface area (Å²) in [5.74, 6) is 0.132. The summed E-state index contributed by atoms with van der Waals surface area (Å²) in [5.41, 5.74) is 0.507. The second-order valence-corrected chi connectivity index (χ2v) is 9.03. The van der Waals surface area contributed by atoms with Crippen molar-refractivity contribution in [1.29, 1.82) is 0 Å². The van der Waals surface area contributed by atoms with Crippen LogP contribution in [0.3, 0.4) is 0 Å². The van der Waals surface area contributed by atoms with E-state index in [2.05, 4.69) is 9.97 Å². The Morgan fingerprint density at radius 1 is 1.19 bits per heavy atom. The van der Waals surface area contributed by atoms with Crippen molar-refractivity contribution in [2.24, 2.45) is 0 Å². The third-order valence-corrected chi connectivity index (χ3v) is 6.14. The maximum atomic E-state index is 14.0. The summed E-state index contributed by atoms with van der Waals surface area (Å²) < 4.78 is 47.6. The number of carbonyl (C=O) groups is 1. The molecule has 0 saturated heterocycles. The predicted molar refractivity (Wildman–Crippen MR) is 108 cm³/mol. The van der Waals surface area contributed by atoms with Crippen molar-refractivity contribution in [3.8, 4) is 5.75 Å². The second kappa shape index (κ2) is 6.80. The van der Waals surface area contributed by atoms with Crippen molar-refractivity contribution < 1.29 is 22.7 Å². The lowest BCUT2D eigenvalue weighted by molar-refractivity contribution is -0.159. The fourth-order valence-corrected chi connectivity index (χ4v) is 4.74. The zero-order valence-corrected chi connectivity index (χ0v) is 17.2. The molecule has 3 aromatic rings. The molecule has 0 spiro atoms. The molecule has 31 heavy (non-hydrogen) atoms. The van der Waals surface area contributed by atoms with Crippen LogP contribution in [0.4, 0.5) is 13.2 Å². The molecule has 0 unspecified atom stereocenters. The highest BCUT2D eigenvalue weighted by molar-refractivity contribution is 5.96. The highest BCUT2D eigenvalue weighted by atomic mass is 19.3. The van der Waals surface area contributed by atoms with Crippen molar-refractivity contribution in [2.75, 3.05) is 0 Å². The van der Waals surface area contributed by atoms with Gasteiger partial charge in [-0.05, 0) is 45.2 Å². The van der Waals surface area contributed by atoms with Crippen LogP contribution in [0.25, 0.3) is 5.65 Å². The molecule has 0 radical (unpaired) electrons. The SMILES string of the molecule is CC(C)Oc1cc2nc(C34CC(F)(C3)C4)cn2cc1CC(=O)c1cccc(C(F)F)n1. The third kappa shape index (κ3) is 3.38. The summed E-state index contributed by atoms with van der Waals surface area (Å²) in [7, 11) is 0. The Kier molecular flexibility index (Phi) is 4.39. The Bertz CT molecular complexity index is 1170. The Balaban J connectivity index is 1.47. The number of carbonyl (C=O) groups excluding carboxylic acids is 1. The quantitative estimate of drug-likeness (QED) is 0.495. The van der Waals surface area contributed by atoms with Gasteiger partial charge in [-0.3, -0.25) is 4.79 Å².